The highest BCUT2D eigenvalue weighted by atomic mass is 16.5. The fourth-order valence-electron chi connectivity index (χ4n) is 4.53. The van der Waals surface area contributed by atoms with Crippen LogP contribution in [0.3, 0.4) is 0 Å². The fourth-order valence-corrected chi connectivity index (χ4v) is 4.53. The standard InChI is InChI=1S/C28H31NO8/c1-4-34-27(32)18-8-10-20(11-9-18)37-25-17(3)36-26-21(24(25)31)12-13-23(30)22(26)16-29-14-6-7-19(15-29)28(33)35-5-2/h8-13,19,30H,4-7,14-16H2,1-3H3. The first kappa shape index (κ1) is 26.2. The number of hydrogen-bond acceptors (Lipinski definition) is 9. The SMILES string of the molecule is CCOC(=O)c1ccc(Oc2c(C)oc3c(CN4CCCC(C(=O)OCC)C4)c(O)ccc3c2=O)cc1. The van der Waals surface area contributed by atoms with Crippen LogP contribution in [0, 0.1) is 12.8 Å². The molecule has 9 heteroatoms. The molecule has 1 N–H and O–H groups in total. The van der Waals surface area contributed by atoms with Crippen LogP contribution in [-0.4, -0.2) is 48.2 Å². The number of carbonyl (C=O) groups excluding carboxylic acids is 2. The van der Waals surface area contributed by atoms with Crippen LogP contribution in [0.15, 0.2) is 45.6 Å². The minimum Gasteiger partial charge on any atom is -0.507 e. The summed E-state index contributed by atoms with van der Waals surface area (Å²) in [5, 5.41) is 10.9. The Labute approximate surface area is 214 Å². The van der Waals surface area contributed by atoms with Crippen molar-refractivity contribution in [1.82, 2.24) is 4.90 Å². The van der Waals surface area contributed by atoms with E-state index >= 15 is 0 Å². The van der Waals surface area contributed by atoms with Crippen molar-refractivity contribution in [2.45, 2.75) is 40.2 Å². The van der Waals surface area contributed by atoms with Gasteiger partial charge in [-0.1, -0.05) is 0 Å². The van der Waals surface area contributed by atoms with E-state index in [2.05, 4.69) is 4.90 Å². The lowest BCUT2D eigenvalue weighted by Gasteiger charge is -2.31. The van der Waals surface area contributed by atoms with E-state index in [4.69, 9.17) is 18.6 Å². The average molecular weight is 510 g/mol. The van der Waals surface area contributed by atoms with Crippen LogP contribution in [-0.2, 0) is 20.8 Å². The Morgan fingerprint density at radius 3 is 2.51 bits per heavy atom. The molecule has 0 spiro atoms. The molecule has 37 heavy (non-hydrogen) atoms. The lowest BCUT2D eigenvalue weighted by molar-refractivity contribution is -0.150. The Balaban J connectivity index is 1.60. The Morgan fingerprint density at radius 1 is 1.08 bits per heavy atom. The van der Waals surface area contributed by atoms with Crippen LogP contribution in [0.5, 0.6) is 17.2 Å². The van der Waals surface area contributed by atoms with Gasteiger partial charge < -0.3 is 23.7 Å². The van der Waals surface area contributed by atoms with Gasteiger partial charge in [0.15, 0.2) is 0 Å². The zero-order chi connectivity index (χ0) is 26.5. The summed E-state index contributed by atoms with van der Waals surface area (Å²) in [5.41, 5.74) is 0.760. The number of piperidine rings is 1. The van der Waals surface area contributed by atoms with Crippen molar-refractivity contribution in [3.63, 3.8) is 0 Å². The smallest absolute Gasteiger partial charge is 0.338 e. The summed E-state index contributed by atoms with van der Waals surface area (Å²) in [6.07, 6.45) is 1.58. The van der Waals surface area contributed by atoms with Gasteiger partial charge in [0.05, 0.1) is 35.6 Å². The minimum absolute atomic E-state index is 0.0107. The summed E-state index contributed by atoms with van der Waals surface area (Å²) >= 11 is 0. The molecule has 2 heterocycles. The Hall–Kier alpha value is -3.85. The van der Waals surface area contributed by atoms with Crippen molar-refractivity contribution >= 4 is 22.9 Å². The highest BCUT2D eigenvalue weighted by Crippen LogP contribution is 2.33. The van der Waals surface area contributed by atoms with Crippen LogP contribution in [0.2, 0.25) is 0 Å². The first-order valence-corrected chi connectivity index (χ1v) is 12.4. The first-order chi connectivity index (χ1) is 17.8. The second-order valence-corrected chi connectivity index (χ2v) is 8.93. The lowest BCUT2D eigenvalue weighted by atomic mass is 9.97. The summed E-state index contributed by atoms with van der Waals surface area (Å²) < 4.78 is 22.0. The van der Waals surface area contributed by atoms with Crippen LogP contribution in [0.1, 0.15) is 48.4 Å². The molecule has 1 saturated heterocycles. The van der Waals surface area contributed by atoms with Gasteiger partial charge in [-0.2, -0.15) is 0 Å². The first-order valence-electron chi connectivity index (χ1n) is 12.4. The van der Waals surface area contributed by atoms with Crippen molar-refractivity contribution < 1.29 is 33.3 Å². The molecule has 0 amide bonds. The third kappa shape index (κ3) is 5.77. The summed E-state index contributed by atoms with van der Waals surface area (Å²) in [4.78, 5) is 39.5. The van der Waals surface area contributed by atoms with Crippen molar-refractivity contribution in [2.75, 3.05) is 26.3 Å². The van der Waals surface area contributed by atoms with Gasteiger partial charge in [-0.3, -0.25) is 14.5 Å². The normalized spacial score (nSPS) is 15.9. The lowest BCUT2D eigenvalue weighted by Crippen LogP contribution is -2.39. The number of phenols is 1. The Kier molecular flexibility index (Phi) is 8.13. The number of benzene rings is 2. The van der Waals surface area contributed by atoms with E-state index in [9.17, 15) is 19.5 Å². The molecule has 0 bridgehead atoms. The highest BCUT2D eigenvalue weighted by Gasteiger charge is 2.28. The fraction of sp³-hybridized carbons (Fsp3) is 0.393. The van der Waals surface area contributed by atoms with Crippen LogP contribution >= 0.6 is 0 Å². The van der Waals surface area contributed by atoms with E-state index < -0.39 is 5.97 Å². The molecule has 196 valence electrons. The quantitative estimate of drug-likeness (QED) is 0.437. The predicted octanol–water partition coefficient (Wildman–Crippen LogP) is 4.55. The zero-order valence-electron chi connectivity index (χ0n) is 21.2. The molecule has 1 aromatic heterocycles. The highest BCUT2D eigenvalue weighted by molar-refractivity contribution is 5.89. The van der Waals surface area contributed by atoms with E-state index in [1.54, 1.807) is 45.0 Å². The number of hydrogen-bond donors (Lipinski definition) is 1. The number of rotatable bonds is 8. The average Bonchev–Trinajstić information content (AvgIpc) is 2.89. The maximum absolute atomic E-state index is 13.4. The molecule has 0 radical (unpaired) electrons. The molecule has 4 rings (SSSR count). The van der Waals surface area contributed by atoms with Crippen molar-refractivity contribution in [1.29, 1.82) is 0 Å². The molecule has 0 saturated carbocycles. The number of aromatic hydroxyl groups is 1. The van der Waals surface area contributed by atoms with Gasteiger partial charge in [0.2, 0.25) is 11.2 Å². The molecular weight excluding hydrogens is 478 g/mol. The Morgan fingerprint density at radius 2 is 1.81 bits per heavy atom. The van der Waals surface area contributed by atoms with E-state index in [1.807, 2.05) is 0 Å². The summed E-state index contributed by atoms with van der Waals surface area (Å²) in [5.74, 6) is -0.236. The number of esters is 2. The van der Waals surface area contributed by atoms with Crippen molar-refractivity contribution in [3.05, 3.63) is 63.5 Å². The van der Waals surface area contributed by atoms with Gasteiger partial charge in [-0.25, -0.2) is 4.79 Å². The number of phenolic OH excluding ortho intramolecular Hbond substituents is 1. The van der Waals surface area contributed by atoms with Gasteiger partial charge in [-0.05, 0) is 76.6 Å². The maximum Gasteiger partial charge on any atom is 0.338 e. The topological polar surface area (TPSA) is 116 Å². The third-order valence-corrected chi connectivity index (χ3v) is 6.35. The van der Waals surface area contributed by atoms with E-state index in [0.29, 0.717) is 36.6 Å². The van der Waals surface area contributed by atoms with Crippen LogP contribution in [0.4, 0.5) is 0 Å². The summed E-state index contributed by atoms with van der Waals surface area (Å²) in [6.45, 7) is 7.31. The van der Waals surface area contributed by atoms with Gasteiger partial charge in [-0.15, -0.1) is 0 Å². The number of aryl methyl sites for hydroxylation is 1. The molecule has 1 atom stereocenters. The number of ether oxygens (including phenoxy) is 3. The van der Waals surface area contributed by atoms with Crippen molar-refractivity contribution in [3.8, 4) is 17.2 Å². The van der Waals surface area contributed by atoms with Gasteiger partial charge in [0.25, 0.3) is 0 Å². The molecule has 2 aromatic carbocycles. The third-order valence-electron chi connectivity index (χ3n) is 6.35. The summed E-state index contributed by atoms with van der Waals surface area (Å²) in [7, 11) is 0. The van der Waals surface area contributed by atoms with Crippen LogP contribution < -0.4 is 10.2 Å². The molecule has 9 nitrogen and oxygen atoms in total. The van der Waals surface area contributed by atoms with Gasteiger partial charge >= 0.3 is 11.9 Å². The second kappa shape index (κ2) is 11.5. The molecule has 0 aliphatic carbocycles. The van der Waals surface area contributed by atoms with E-state index in [1.165, 1.54) is 12.1 Å². The van der Waals surface area contributed by atoms with Gasteiger partial charge in [0, 0.05) is 13.1 Å². The number of fused-ring (bicyclic) bond motifs is 1. The minimum atomic E-state index is -0.440. The molecule has 3 aromatic rings. The molecule has 1 aliphatic heterocycles. The van der Waals surface area contributed by atoms with Gasteiger partial charge in [0.1, 0.15) is 22.8 Å². The van der Waals surface area contributed by atoms with Crippen LogP contribution in [0.25, 0.3) is 11.0 Å². The molecule has 1 aliphatic rings. The molecule has 1 fully saturated rings. The zero-order valence-corrected chi connectivity index (χ0v) is 21.2. The van der Waals surface area contributed by atoms with Crippen molar-refractivity contribution in [2.24, 2.45) is 5.92 Å². The van der Waals surface area contributed by atoms with E-state index in [-0.39, 0.29) is 52.2 Å². The maximum atomic E-state index is 13.4. The Bertz CT molecular complexity index is 1350. The molecular formula is C28H31NO8. The number of nitrogens with zero attached hydrogens (tertiary/aromatic N) is 1. The number of carbonyl (C=O) groups is 2. The molecule has 1 unspecified atom stereocenters. The van der Waals surface area contributed by atoms with E-state index in [0.717, 1.165) is 19.4 Å². The predicted molar refractivity (Wildman–Crippen MR) is 136 cm³/mol. The largest absolute Gasteiger partial charge is 0.507 e. The monoisotopic (exact) mass is 509 g/mol. The second-order valence-electron chi connectivity index (χ2n) is 8.93. The number of likely N-dealkylation sites (tertiary alicyclic amines) is 1. The summed E-state index contributed by atoms with van der Waals surface area (Å²) in [6, 6.07) is 9.25.